The van der Waals surface area contributed by atoms with Crippen LogP contribution >= 0.6 is 0 Å². The maximum absolute atomic E-state index is 12.1. The van der Waals surface area contributed by atoms with Crippen molar-refractivity contribution in [2.45, 2.75) is 12.5 Å². The minimum absolute atomic E-state index is 0.158. The topological polar surface area (TPSA) is 130 Å². The van der Waals surface area contributed by atoms with Crippen LogP contribution in [0.3, 0.4) is 0 Å². The smallest absolute Gasteiger partial charge is 0.326 e. The van der Waals surface area contributed by atoms with Crippen molar-refractivity contribution < 1.29 is 24.7 Å². The minimum Gasteiger partial charge on any atom is -0.502 e. The fourth-order valence-corrected chi connectivity index (χ4v) is 2.11. The highest BCUT2D eigenvalue weighted by Gasteiger charge is 2.23. The van der Waals surface area contributed by atoms with Crippen molar-refractivity contribution in [2.75, 3.05) is 0 Å². The summed E-state index contributed by atoms with van der Waals surface area (Å²) in [5.74, 6) is -2.34. The van der Waals surface area contributed by atoms with Gasteiger partial charge in [-0.2, -0.15) is 0 Å². The normalized spacial score (nSPS) is 11.5. The molecule has 2 aromatic rings. The lowest BCUT2D eigenvalue weighted by molar-refractivity contribution is -0.385. The van der Waals surface area contributed by atoms with E-state index in [-0.39, 0.29) is 6.42 Å². The molecule has 0 aliphatic heterocycles. The standard InChI is InChI=1S/C16H14N2O6/c19-14-7-6-10(9-13(14)18(23)24)8-12(16(21)22)17-15(20)11-4-2-1-3-5-11/h1-7,9,12,19H,8H2,(H,17,20)(H,21,22)/t12-/m0/s1. The molecule has 0 saturated carbocycles. The molecule has 0 unspecified atom stereocenters. The number of nitro groups is 1. The van der Waals surface area contributed by atoms with Crippen molar-refractivity contribution in [3.63, 3.8) is 0 Å². The van der Waals surface area contributed by atoms with Gasteiger partial charge >= 0.3 is 11.7 Å². The molecule has 0 aromatic heterocycles. The van der Waals surface area contributed by atoms with Crippen molar-refractivity contribution >= 4 is 17.6 Å². The molecule has 0 fully saturated rings. The third kappa shape index (κ3) is 4.07. The van der Waals surface area contributed by atoms with Crippen LogP contribution in [-0.2, 0) is 11.2 Å². The summed E-state index contributed by atoms with van der Waals surface area (Å²) in [6, 6.07) is 10.4. The predicted molar refractivity (Wildman–Crippen MR) is 83.8 cm³/mol. The van der Waals surface area contributed by atoms with Crippen LogP contribution in [-0.4, -0.2) is 33.1 Å². The van der Waals surface area contributed by atoms with E-state index in [9.17, 15) is 29.9 Å². The van der Waals surface area contributed by atoms with Crippen molar-refractivity contribution in [1.29, 1.82) is 0 Å². The van der Waals surface area contributed by atoms with Crippen LogP contribution < -0.4 is 5.32 Å². The first-order valence-electron chi connectivity index (χ1n) is 6.93. The molecule has 124 valence electrons. The summed E-state index contributed by atoms with van der Waals surface area (Å²) in [4.78, 5) is 33.5. The first-order chi connectivity index (χ1) is 11.4. The van der Waals surface area contributed by atoms with Crippen molar-refractivity contribution in [1.82, 2.24) is 5.32 Å². The molecular weight excluding hydrogens is 316 g/mol. The zero-order chi connectivity index (χ0) is 17.7. The average molecular weight is 330 g/mol. The number of aromatic hydroxyl groups is 1. The van der Waals surface area contributed by atoms with Crippen LogP contribution in [0.5, 0.6) is 5.75 Å². The highest BCUT2D eigenvalue weighted by Crippen LogP contribution is 2.26. The van der Waals surface area contributed by atoms with Gasteiger partial charge in [0.25, 0.3) is 5.91 Å². The Morgan fingerprint density at radius 3 is 2.42 bits per heavy atom. The summed E-state index contributed by atoms with van der Waals surface area (Å²) in [6.45, 7) is 0. The van der Waals surface area contributed by atoms with E-state index in [4.69, 9.17) is 0 Å². The van der Waals surface area contributed by atoms with E-state index >= 15 is 0 Å². The SMILES string of the molecule is O=C(N[C@@H](Cc1ccc(O)c([N+](=O)[O-])c1)C(=O)O)c1ccccc1. The van der Waals surface area contributed by atoms with Crippen LogP contribution in [0.2, 0.25) is 0 Å². The number of amides is 1. The summed E-state index contributed by atoms with van der Waals surface area (Å²) in [5, 5.41) is 31.9. The van der Waals surface area contributed by atoms with Gasteiger partial charge in [0, 0.05) is 18.1 Å². The second kappa shape index (κ2) is 7.23. The Bertz CT molecular complexity index is 775. The molecule has 0 bridgehead atoms. The van der Waals surface area contributed by atoms with Gasteiger partial charge in [0.2, 0.25) is 0 Å². The Labute approximate surface area is 136 Å². The monoisotopic (exact) mass is 330 g/mol. The maximum atomic E-state index is 12.1. The maximum Gasteiger partial charge on any atom is 0.326 e. The van der Waals surface area contributed by atoms with Gasteiger partial charge in [-0.05, 0) is 23.8 Å². The molecular formula is C16H14N2O6. The number of hydrogen-bond acceptors (Lipinski definition) is 5. The number of nitrogens with zero attached hydrogens (tertiary/aromatic N) is 1. The van der Waals surface area contributed by atoms with Gasteiger partial charge in [-0.25, -0.2) is 4.79 Å². The van der Waals surface area contributed by atoms with E-state index in [1.54, 1.807) is 30.3 Å². The number of nitrogens with one attached hydrogen (secondary N) is 1. The number of rotatable bonds is 6. The Morgan fingerprint density at radius 2 is 1.83 bits per heavy atom. The Balaban J connectivity index is 2.17. The fourth-order valence-electron chi connectivity index (χ4n) is 2.11. The van der Waals surface area contributed by atoms with Crippen molar-refractivity contribution in [3.05, 3.63) is 69.8 Å². The van der Waals surface area contributed by atoms with Crippen molar-refractivity contribution in [3.8, 4) is 5.75 Å². The third-order valence-corrected chi connectivity index (χ3v) is 3.32. The summed E-state index contributed by atoms with van der Waals surface area (Å²) in [7, 11) is 0. The molecule has 24 heavy (non-hydrogen) atoms. The first kappa shape index (κ1) is 16.9. The van der Waals surface area contributed by atoms with Gasteiger partial charge in [0.15, 0.2) is 5.75 Å². The quantitative estimate of drug-likeness (QED) is 0.546. The third-order valence-electron chi connectivity index (χ3n) is 3.32. The van der Waals surface area contributed by atoms with Gasteiger partial charge in [-0.3, -0.25) is 14.9 Å². The lowest BCUT2D eigenvalue weighted by Gasteiger charge is -2.14. The lowest BCUT2D eigenvalue weighted by atomic mass is 10.0. The number of benzene rings is 2. The second-order valence-corrected chi connectivity index (χ2v) is 5.01. The zero-order valence-electron chi connectivity index (χ0n) is 12.4. The van der Waals surface area contributed by atoms with Crippen LogP contribution in [0, 0.1) is 10.1 Å². The number of nitro benzene ring substituents is 1. The molecule has 0 heterocycles. The van der Waals surface area contributed by atoms with E-state index in [0.717, 1.165) is 12.1 Å². The Kier molecular flexibility index (Phi) is 5.10. The van der Waals surface area contributed by atoms with E-state index in [2.05, 4.69) is 5.32 Å². The van der Waals surface area contributed by atoms with E-state index < -0.39 is 34.3 Å². The van der Waals surface area contributed by atoms with Crippen molar-refractivity contribution in [2.24, 2.45) is 0 Å². The number of carbonyl (C=O) groups excluding carboxylic acids is 1. The second-order valence-electron chi connectivity index (χ2n) is 5.01. The number of hydrogen-bond donors (Lipinski definition) is 3. The molecule has 0 saturated heterocycles. The Morgan fingerprint density at radius 1 is 1.17 bits per heavy atom. The molecule has 2 aromatic carbocycles. The van der Waals surface area contributed by atoms with Gasteiger partial charge in [-0.15, -0.1) is 0 Å². The number of carboxylic acids is 1. The van der Waals surface area contributed by atoms with E-state index in [1.807, 2.05) is 0 Å². The van der Waals surface area contributed by atoms with Gasteiger partial charge in [0.1, 0.15) is 6.04 Å². The summed E-state index contributed by atoms with van der Waals surface area (Å²) in [5.41, 5.74) is 0.0896. The van der Waals surface area contributed by atoms with Crippen LogP contribution in [0.15, 0.2) is 48.5 Å². The number of phenolic OH excluding ortho intramolecular Hbond substituents is 1. The van der Waals surface area contributed by atoms with Gasteiger partial charge < -0.3 is 15.5 Å². The largest absolute Gasteiger partial charge is 0.502 e. The first-order valence-corrected chi connectivity index (χ1v) is 6.93. The van der Waals surface area contributed by atoms with E-state index in [0.29, 0.717) is 11.1 Å². The Hall–Kier alpha value is -3.42. The molecule has 0 aliphatic rings. The summed E-state index contributed by atoms with van der Waals surface area (Å²) in [6.07, 6.45) is -0.158. The highest BCUT2D eigenvalue weighted by atomic mass is 16.6. The molecule has 1 atom stereocenters. The summed E-state index contributed by atoms with van der Waals surface area (Å²) >= 11 is 0. The van der Waals surface area contributed by atoms with Gasteiger partial charge in [0.05, 0.1) is 4.92 Å². The van der Waals surface area contributed by atoms with Gasteiger partial charge in [-0.1, -0.05) is 24.3 Å². The molecule has 0 aliphatic carbocycles. The van der Waals surface area contributed by atoms with Crippen LogP contribution in [0.25, 0.3) is 0 Å². The van der Waals surface area contributed by atoms with Crippen LogP contribution in [0.4, 0.5) is 5.69 Å². The minimum atomic E-state index is -1.27. The molecule has 0 spiro atoms. The highest BCUT2D eigenvalue weighted by molar-refractivity contribution is 5.96. The molecule has 8 heteroatoms. The van der Waals surface area contributed by atoms with E-state index in [1.165, 1.54) is 6.07 Å². The number of aliphatic carboxylic acids is 1. The lowest BCUT2D eigenvalue weighted by Crippen LogP contribution is -2.42. The van der Waals surface area contributed by atoms with Crippen LogP contribution in [0.1, 0.15) is 15.9 Å². The molecule has 2 rings (SSSR count). The number of carboxylic acid groups (broad SMARTS) is 1. The predicted octanol–water partition coefficient (Wildman–Crippen LogP) is 1.73. The summed E-state index contributed by atoms with van der Waals surface area (Å²) < 4.78 is 0. The average Bonchev–Trinajstić information content (AvgIpc) is 2.56. The molecule has 0 radical (unpaired) electrons. The fraction of sp³-hybridized carbons (Fsp3) is 0.125. The molecule has 3 N–H and O–H groups in total. The number of carbonyl (C=O) groups is 2. The molecule has 8 nitrogen and oxygen atoms in total. The zero-order valence-corrected chi connectivity index (χ0v) is 12.4. The number of phenols is 1. The molecule has 1 amide bonds.